The molecule has 0 heterocycles. The molecule has 0 aliphatic heterocycles. The minimum absolute atomic E-state index is 0.000218. The molecule has 0 unspecified atom stereocenters. The quantitative estimate of drug-likeness (QED) is 0.820. The summed E-state index contributed by atoms with van der Waals surface area (Å²) in [5, 5.41) is 8.80. The molecule has 0 aromatic heterocycles. The second-order valence-corrected chi connectivity index (χ2v) is 4.85. The van der Waals surface area contributed by atoms with Gasteiger partial charge < -0.3 is 15.6 Å². The highest BCUT2D eigenvalue weighted by atomic mass is 19.4. The standard InChI is InChI=1S/C16H13F4NO3/c17-13-8-10(15(21)23)7-12(14(13)24-5-4-22)9-2-1-3-11(6-9)16(18,19)20/h1-3,6-8,22H,4-5H2,(H2,21,23). The molecule has 128 valence electrons. The Hall–Kier alpha value is -2.61. The molecule has 0 radical (unpaired) electrons. The maximum atomic E-state index is 14.2. The number of aliphatic hydroxyl groups is 1. The first-order chi connectivity index (χ1) is 11.2. The summed E-state index contributed by atoms with van der Waals surface area (Å²) in [5.74, 6) is -2.27. The highest BCUT2D eigenvalue weighted by Crippen LogP contribution is 2.37. The van der Waals surface area contributed by atoms with E-state index in [2.05, 4.69) is 0 Å². The highest BCUT2D eigenvalue weighted by Gasteiger charge is 2.31. The van der Waals surface area contributed by atoms with E-state index in [-0.39, 0.29) is 29.0 Å². The molecule has 0 aliphatic carbocycles. The lowest BCUT2D eigenvalue weighted by Crippen LogP contribution is -2.13. The Bertz CT molecular complexity index is 759. The van der Waals surface area contributed by atoms with Crippen LogP contribution in [0.15, 0.2) is 36.4 Å². The van der Waals surface area contributed by atoms with Crippen LogP contribution in [0.1, 0.15) is 15.9 Å². The third-order valence-corrected chi connectivity index (χ3v) is 3.17. The van der Waals surface area contributed by atoms with Crippen LogP contribution in [0.5, 0.6) is 5.75 Å². The summed E-state index contributed by atoms with van der Waals surface area (Å²) >= 11 is 0. The summed E-state index contributed by atoms with van der Waals surface area (Å²) in [7, 11) is 0. The first-order valence-electron chi connectivity index (χ1n) is 6.78. The van der Waals surface area contributed by atoms with Crippen LogP contribution in [-0.4, -0.2) is 24.2 Å². The fourth-order valence-corrected chi connectivity index (χ4v) is 2.11. The number of alkyl halides is 3. The molecular formula is C16H13F4NO3. The summed E-state index contributed by atoms with van der Waals surface area (Å²) in [6.45, 7) is -0.683. The number of hydrogen-bond acceptors (Lipinski definition) is 3. The van der Waals surface area contributed by atoms with Crippen LogP contribution in [0.2, 0.25) is 0 Å². The zero-order valence-corrected chi connectivity index (χ0v) is 12.2. The number of hydrogen-bond donors (Lipinski definition) is 2. The zero-order chi connectivity index (χ0) is 17.9. The van der Waals surface area contributed by atoms with Gasteiger partial charge in [0.15, 0.2) is 11.6 Å². The number of carbonyl (C=O) groups excluding carboxylic acids is 1. The number of amides is 1. The van der Waals surface area contributed by atoms with E-state index in [1.54, 1.807) is 0 Å². The molecule has 0 saturated carbocycles. The molecule has 3 N–H and O–H groups in total. The molecule has 24 heavy (non-hydrogen) atoms. The van der Waals surface area contributed by atoms with Crippen molar-refractivity contribution in [3.63, 3.8) is 0 Å². The van der Waals surface area contributed by atoms with Gasteiger partial charge in [-0.3, -0.25) is 4.79 Å². The lowest BCUT2D eigenvalue weighted by Gasteiger charge is -2.15. The van der Waals surface area contributed by atoms with Crippen molar-refractivity contribution in [2.75, 3.05) is 13.2 Å². The van der Waals surface area contributed by atoms with Gasteiger partial charge in [0.2, 0.25) is 5.91 Å². The van der Waals surface area contributed by atoms with Crippen LogP contribution in [-0.2, 0) is 6.18 Å². The van der Waals surface area contributed by atoms with Gasteiger partial charge in [-0.2, -0.15) is 13.2 Å². The lowest BCUT2D eigenvalue weighted by atomic mass is 9.99. The zero-order valence-electron chi connectivity index (χ0n) is 12.2. The van der Waals surface area contributed by atoms with E-state index in [1.807, 2.05) is 0 Å². The lowest BCUT2D eigenvalue weighted by molar-refractivity contribution is -0.137. The Morgan fingerprint density at radius 1 is 1.21 bits per heavy atom. The third kappa shape index (κ3) is 3.83. The SMILES string of the molecule is NC(=O)c1cc(F)c(OCCO)c(-c2cccc(C(F)(F)F)c2)c1. The average Bonchev–Trinajstić information content (AvgIpc) is 2.52. The normalized spacial score (nSPS) is 11.4. The van der Waals surface area contributed by atoms with Crippen molar-refractivity contribution in [1.29, 1.82) is 0 Å². The van der Waals surface area contributed by atoms with Crippen molar-refractivity contribution in [3.8, 4) is 16.9 Å². The Balaban J connectivity index is 2.64. The van der Waals surface area contributed by atoms with E-state index in [4.69, 9.17) is 15.6 Å². The molecule has 8 heteroatoms. The van der Waals surface area contributed by atoms with Gasteiger partial charge in [-0.1, -0.05) is 12.1 Å². The minimum atomic E-state index is -4.58. The second kappa shape index (κ2) is 6.88. The predicted octanol–water partition coefficient (Wildman–Crippen LogP) is 2.98. The largest absolute Gasteiger partial charge is 0.487 e. The Morgan fingerprint density at radius 3 is 2.50 bits per heavy atom. The smallest absolute Gasteiger partial charge is 0.416 e. The number of nitrogens with two attached hydrogens (primary N) is 1. The van der Waals surface area contributed by atoms with Crippen molar-refractivity contribution >= 4 is 5.91 Å². The van der Waals surface area contributed by atoms with E-state index in [0.717, 1.165) is 30.3 Å². The Labute approximate surface area is 134 Å². The molecule has 0 atom stereocenters. The van der Waals surface area contributed by atoms with Crippen LogP contribution < -0.4 is 10.5 Å². The maximum absolute atomic E-state index is 14.2. The van der Waals surface area contributed by atoms with Crippen LogP contribution in [0.25, 0.3) is 11.1 Å². The number of aliphatic hydroxyl groups excluding tert-OH is 1. The topological polar surface area (TPSA) is 72.6 Å². The molecule has 0 fully saturated rings. The predicted molar refractivity (Wildman–Crippen MR) is 77.9 cm³/mol. The average molecular weight is 343 g/mol. The molecule has 0 aliphatic rings. The Kier molecular flexibility index (Phi) is 5.08. The molecular weight excluding hydrogens is 330 g/mol. The maximum Gasteiger partial charge on any atom is 0.416 e. The molecule has 0 bridgehead atoms. The van der Waals surface area contributed by atoms with Gasteiger partial charge in [-0.25, -0.2) is 4.39 Å². The minimum Gasteiger partial charge on any atom is -0.487 e. The number of rotatable bonds is 5. The summed E-state index contributed by atoms with van der Waals surface area (Å²) in [6.07, 6.45) is -4.58. The fraction of sp³-hybridized carbons (Fsp3) is 0.188. The van der Waals surface area contributed by atoms with Crippen molar-refractivity contribution in [1.82, 2.24) is 0 Å². The number of benzene rings is 2. The monoisotopic (exact) mass is 343 g/mol. The van der Waals surface area contributed by atoms with Crippen molar-refractivity contribution in [2.45, 2.75) is 6.18 Å². The van der Waals surface area contributed by atoms with Crippen LogP contribution in [0.4, 0.5) is 17.6 Å². The van der Waals surface area contributed by atoms with Crippen LogP contribution in [0.3, 0.4) is 0 Å². The molecule has 4 nitrogen and oxygen atoms in total. The summed E-state index contributed by atoms with van der Waals surface area (Å²) in [6, 6.07) is 6.13. The highest BCUT2D eigenvalue weighted by molar-refractivity contribution is 5.95. The third-order valence-electron chi connectivity index (χ3n) is 3.17. The Morgan fingerprint density at radius 2 is 1.92 bits per heavy atom. The van der Waals surface area contributed by atoms with Crippen LogP contribution >= 0.6 is 0 Å². The van der Waals surface area contributed by atoms with E-state index < -0.39 is 30.1 Å². The molecule has 2 aromatic rings. The van der Waals surface area contributed by atoms with Crippen LogP contribution in [0, 0.1) is 5.82 Å². The summed E-state index contributed by atoms with van der Waals surface area (Å²) in [5.41, 5.74) is 3.90. The van der Waals surface area contributed by atoms with Gasteiger partial charge >= 0.3 is 6.18 Å². The van der Waals surface area contributed by atoms with E-state index in [9.17, 15) is 22.4 Å². The van der Waals surface area contributed by atoms with E-state index in [1.165, 1.54) is 6.07 Å². The number of halogens is 4. The molecule has 2 aromatic carbocycles. The summed E-state index contributed by atoms with van der Waals surface area (Å²) < 4.78 is 57.8. The number of primary amides is 1. The van der Waals surface area contributed by atoms with Gasteiger partial charge in [-0.05, 0) is 29.8 Å². The van der Waals surface area contributed by atoms with Gasteiger partial charge in [0.1, 0.15) is 6.61 Å². The van der Waals surface area contributed by atoms with Gasteiger partial charge in [0, 0.05) is 11.1 Å². The van der Waals surface area contributed by atoms with Gasteiger partial charge in [0.25, 0.3) is 0 Å². The van der Waals surface area contributed by atoms with E-state index >= 15 is 0 Å². The molecule has 0 saturated heterocycles. The second-order valence-electron chi connectivity index (χ2n) is 4.85. The van der Waals surface area contributed by atoms with Crippen molar-refractivity contribution in [3.05, 3.63) is 53.3 Å². The van der Waals surface area contributed by atoms with E-state index in [0.29, 0.717) is 0 Å². The van der Waals surface area contributed by atoms with Crippen molar-refractivity contribution in [2.24, 2.45) is 5.73 Å². The first-order valence-corrected chi connectivity index (χ1v) is 6.78. The number of ether oxygens (including phenoxy) is 1. The molecule has 1 amide bonds. The van der Waals surface area contributed by atoms with Gasteiger partial charge in [0.05, 0.1) is 12.2 Å². The molecule has 0 spiro atoms. The number of carbonyl (C=O) groups is 1. The fourth-order valence-electron chi connectivity index (χ4n) is 2.11. The molecule has 2 rings (SSSR count). The summed E-state index contributed by atoms with van der Waals surface area (Å²) in [4.78, 5) is 11.3. The van der Waals surface area contributed by atoms with Crippen molar-refractivity contribution < 1.29 is 32.2 Å². The first kappa shape index (κ1) is 17.7. The van der Waals surface area contributed by atoms with Gasteiger partial charge in [-0.15, -0.1) is 0 Å².